The van der Waals surface area contributed by atoms with Crippen molar-refractivity contribution in [3.63, 3.8) is 0 Å². The number of methoxy groups -OCH3 is 1. The molecule has 182 valence electrons. The molecule has 0 saturated carbocycles. The summed E-state index contributed by atoms with van der Waals surface area (Å²) in [7, 11) is 3.85. The highest BCUT2D eigenvalue weighted by molar-refractivity contribution is 7.19. The predicted octanol–water partition coefficient (Wildman–Crippen LogP) is 3.63. The number of nitrogens with zero attached hydrogens (tertiary/aromatic N) is 6. The lowest BCUT2D eigenvalue weighted by atomic mass is 9.99. The van der Waals surface area contributed by atoms with E-state index >= 15 is 0 Å². The number of rotatable bonds is 5. The number of benzene rings is 1. The SMILES string of the molecule is C.COc1ccc(Cn2c(=O)n3ncnc3c3c(C)c(CN4CCN(C)C(C)(C)C4)sc32)cc1. The lowest BCUT2D eigenvalue weighted by molar-refractivity contribution is 0.0364. The van der Waals surface area contributed by atoms with Crippen molar-refractivity contribution in [3.05, 3.63) is 57.1 Å². The zero-order valence-electron chi connectivity index (χ0n) is 19.8. The van der Waals surface area contributed by atoms with Crippen molar-refractivity contribution in [2.24, 2.45) is 0 Å². The van der Waals surface area contributed by atoms with Gasteiger partial charge in [0.05, 0.1) is 19.0 Å². The number of aromatic nitrogens is 4. The zero-order valence-corrected chi connectivity index (χ0v) is 20.6. The monoisotopic (exact) mass is 482 g/mol. The fourth-order valence-corrected chi connectivity index (χ4v) is 5.97. The van der Waals surface area contributed by atoms with Crippen molar-refractivity contribution in [2.75, 3.05) is 33.8 Å². The van der Waals surface area contributed by atoms with Crippen LogP contribution < -0.4 is 10.4 Å². The molecule has 0 atom stereocenters. The first kappa shape index (κ1) is 24.4. The summed E-state index contributed by atoms with van der Waals surface area (Å²) in [4.78, 5) is 25.0. The van der Waals surface area contributed by atoms with Gasteiger partial charge in [-0.3, -0.25) is 14.4 Å². The molecule has 8 nitrogen and oxygen atoms in total. The second kappa shape index (κ2) is 9.13. The van der Waals surface area contributed by atoms with E-state index in [0.717, 1.165) is 47.7 Å². The van der Waals surface area contributed by atoms with Gasteiger partial charge in [-0.25, -0.2) is 9.78 Å². The number of thiophene rings is 1. The summed E-state index contributed by atoms with van der Waals surface area (Å²) in [5, 5.41) is 5.25. The summed E-state index contributed by atoms with van der Waals surface area (Å²) in [6.45, 7) is 11.2. The molecule has 0 radical (unpaired) electrons. The molecular formula is C25H34N6O2S. The highest BCUT2D eigenvalue weighted by Gasteiger charge is 2.31. The van der Waals surface area contributed by atoms with E-state index in [1.165, 1.54) is 21.3 Å². The fourth-order valence-electron chi connectivity index (χ4n) is 4.63. The summed E-state index contributed by atoms with van der Waals surface area (Å²) in [5.41, 5.74) is 2.83. The third kappa shape index (κ3) is 4.12. The van der Waals surface area contributed by atoms with Gasteiger partial charge in [0.15, 0.2) is 5.65 Å². The van der Waals surface area contributed by atoms with Gasteiger partial charge in [0.2, 0.25) is 0 Å². The van der Waals surface area contributed by atoms with Crippen LogP contribution in [0.3, 0.4) is 0 Å². The van der Waals surface area contributed by atoms with Gasteiger partial charge < -0.3 is 4.74 Å². The predicted molar refractivity (Wildman–Crippen MR) is 138 cm³/mol. The largest absolute Gasteiger partial charge is 0.497 e. The highest BCUT2D eigenvalue weighted by atomic mass is 32.1. The van der Waals surface area contributed by atoms with Crippen molar-refractivity contribution < 1.29 is 4.74 Å². The molecule has 1 saturated heterocycles. The maximum atomic E-state index is 13.4. The highest BCUT2D eigenvalue weighted by Crippen LogP contribution is 2.34. The second-order valence-corrected chi connectivity index (χ2v) is 10.6. The Morgan fingerprint density at radius 1 is 1.15 bits per heavy atom. The molecule has 4 heterocycles. The fraction of sp³-hybridized carbons (Fsp3) is 0.480. The molecule has 4 aromatic rings. The van der Waals surface area contributed by atoms with E-state index in [1.54, 1.807) is 18.4 Å². The number of hydrogen-bond donors (Lipinski definition) is 0. The third-order valence-electron chi connectivity index (χ3n) is 6.92. The zero-order chi connectivity index (χ0) is 23.3. The van der Waals surface area contributed by atoms with Gasteiger partial charge in [0.25, 0.3) is 0 Å². The Bertz CT molecular complexity index is 1370. The van der Waals surface area contributed by atoms with Crippen LogP contribution in [0.1, 0.15) is 37.3 Å². The van der Waals surface area contributed by atoms with Gasteiger partial charge in [0.1, 0.15) is 16.9 Å². The average Bonchev–Trinajstić information content (AvgIpc) is 3.39. The number of piperazine rings is 1. The smallest absolute Gasteiger partial charge is 0.352 e. The van der Waals surface area contributed by atoms with Crippen molar-refractivity contribution in [3.8, 4) is 5.75 Å². The summed E-state index contributed by atoms with van der Waals surface area (Å²) in [5.74, 6) is 0.798. The maximum Gasteiger partial charge on any atom is 0.352 e. The van der Waals surface area contributed by atoms with Crippen molar-refractivity contribution in [1.82, 2.24) is 29.0 Å². The Morgan fingerprint density at radius 2 is 1.88 bits per heavy atom. The molecule has 5 rings (SSSR count). The van der Waals surface area contributed by atoms with Crippen LogP contribution in [0.25, 0.3) is 15.9 Å². The van der Waals surface area contributed by atoms with Crippen molar-refractivity contribution in [2.45, 2.75) is 46.8 Å². The Morgan fingerprint density at radius 3 is 2.56 bits per heavy atom. The van der Waals surface area contributed by atoms with Gasteiger partial charge in [-0.05, 0) is 51.1 Å². The van der Waals surface area contributed by atoms with Crippen LogP contribution in [0, 0.1) is 6.92 Å². The van der Waals surface area contributed by atoms with Gasteiger partial charge in [-0.2, -0.15) is 9.61 Å². The third-order valence-corrected chi connectivity index (χ3v) is 8.22. The standard InChI is InChI=1S/C24H30N6O2S.CH4/c1-16-19(13-28-11-10-27(4)24(2,3)14-28)33-22-20(16)21-25-15-26-30(21)23(31)29(22)12-17-6-8-18(32-5)9-7-17;/h6-9,15H,10-14H2,1-5H3;1H4. The van der Waals surface area contributed by atoms with E-state index in [0.29, 0.717) is 12.2 Å². The van der Waals surface area contributed by atoms with Crippen molar-refractivity contribution >= 4 is 27.2 Å². The molecule has 9 heteroatoms. The number of hydrogen-bond acceptors (Lipinski definition) is 7. The Kier molecular flexibility index (Phi) is 6.54. The van der Waals surface area contributed by atoms with Gasteiger partial charge >= 0.3 is 5.69 Å². The molecular weight excluding hydrogens is 448 g/mol. The Balaban J connectivity index is 0.00000274. The van der Waals surface area contributed by atoms with Crippen LogP contribution in [-0.4, -0.2) is 68.3 Å². The molecule has 0 amide bonds. The molecule has 0 spiro atoms. The summed E-state index contributed by atoms with van der Waals surface area (Å²) in [6.07, 6.45) is 1.47. The Labute approximate surface area is 204 Å². The normalized spacial score (nSPS) is 16.7. The van der Waals surface area contributed by atoms with Crippen LogP contribution in [0.2, 0.25) is 0 Å². The van der Waals surface area contributed by atoms with E-state index in [9.17, 15) is 4.79 Å². The lowest BCUT2D eigenvalue weighted by Crippen LogP contribution is -2.57. The first-order valence-electron chi connectivity index (χ1n) is 11.2. The van der Waals surface area contributed by atoms with E-state index in [4.69, 9.17) is 4.74 Å². The molecule has 1 aromatic carbocycles. The quantitative estimate of drug-likeness (QED) is 0.433. The van der Waals surface area contributed by atoms with Gasteiger partial charge in [0, 0.05) is 36.6 Å². The minimum absolute atomic E-state index is 0. The molecule has 1 aliphatic heterocycles. The number of likely N-dealkylation sites (N-methyl/N-ethyl adjacent to an activating group) is 1. The Hall–Kier alpha value is -2.75. The van der Waals surface area contributed by atoms with Crippen LogP contribution in [0.5, 0.6) is 5.75 Å². The topological polar surface area (TPSA) is 67.9 Å². The van der Waals surface area contributed by atoms with E-state index in [2.05, 4.69) is 47.7 Å². The van der Waals surface area contributed by atoms with Crippen LogP contribution in [0.4, 0.5) is 0 Å². The van der Waals surface area contributed by atoms with Gasteiger partial charge in [-0.15, -0.1) is 11.3 Å². The summed E-state index contributed by atoms with van der Waals surface area (Å²) >= 11 is 1.71. The first-order chi connectivity index (χ1) is 15.8. The molecule has 1 aliphatic rings. The maximum absolute atomic E-state index is 13.4. The number of fused-ring (bicyclic) bond motifs is 3. The lowest BCUT2D eigenvalue weighted by Gasteiger charge is -2.45. The van der Waals surface area contributed by atoms with Crippen LogP contribution in [-0.2, 0) is 13.1 Å². The van der Waals surface area contributed by atoms with Gasteiger partial charge in [-0.1, -0.05) is 19.6 Å². The molecule has 3 aromatic heterocycles. The first-order valence-corrected chi connectivity index (χ1v) is 12.0. The molecule has 34 heavy (non-hydrogen) atoms. The summed E-state index contributed by atoms with van der Waals surface area (Å²) < 4.78 is 8.53. The van der Waals surface area contributed by atoms with E-state index in [1.807, 2.05) is 28.8 Å². The minimum Gasteiger partial charge on any atom is -0.497 e. The number of ether oxygens (including phenoxy) is 1. The summed E-state index contributed by atoms with van der Waals surface area (Å²) in [6, 6.07) is 7.84. The molecule has 0 aliphatic carbocycles. The minimum atomic E-state index is -0.167. The van der Waals surface area contributed by atoms with E-state index in [-0.39, 0.29) is 18.7 Å². The number of aryl methyl sites for hydroxylation is 1. The average molecular weight is 483 g/mol. The van der Waals surface area contributed by atoms with Crippen molar-refractivity contribution in [1.29, 1.82) is 0 Å². The molecule has 0 bridgehead atoms. The molecule has 1 fully saturated rings. The molecule has 0 N–H and O–H groups in total. The van der Waals surface area contributed by atoms with Crippen LogP contribution in [0.15, 0.2) is 35.4 Å². The second-order valence-electron chi connectivity index (χ2n) is 9.49. The molecule has 0 unspecified atom stereocenters. The van der Waals surface area contributed by atoms with E-state index < -0.39 is 0 Å². The van der Waals surface area contributed by atoms with Crippen LogP contribution >= 0.6 is 11.3 Å².